The minimum Gasteiger partial charge on any atom is -0.392 e. The summed E-state index contributed by atoms with van der Waals surface area (Å²) < 4.78 is 35.8. The molecular weight excluding hydrogens is 275 g/mol. The smallest absolute Gasteiger partial charge is 0.392 e. The molecular formula is C12H22F3N3O2. The van der Waals surface area contributed by atoms with Gasteiger partial charge in [0, 0.05) is 25.7 Å². The molecule has 118 valence electrons. The Morgan fingerprint density at radius 3 is 2.50 bits per heavy atom. The predicted octanol–water partition coefficient (Wildman–Crippen LogP) is 1.08. The van der Waals surface area contributed by atoms with E-state index in [2.05, 4.69) is 10.2 Å². The van der Waals surface area contributed by atoms with E-state index in [1.54, 1.807) is 5.32 Å². The molecule has 1 saturated heterocycles. The van der Waals surface area contributed by atoms with Crippen LogP contribution < -0.4 is 10.6 Å². The molecule has 0 bridgehead atoms. The van der Waals surface area contributed by atoms with Gasteiger partial charge in [-0.15, -0.1) is 0 Å². The summed E-state index contributed by atoms with van der Waals surface area (Å²) in [5.41, 5.74) is 0. The SMILES string of the molecule is CC[C@@H](O)CN1CCC(NC(=O)NCC(F)(F)F)CC1. The quantitative estimate of drug-likeness (QED) is 0.711. The third-order valence-corrected chi connectivity index (χ3v) is 3.31. The van der Waals surface area contributed by atoms with Crippen LogP contribution in [0.2, 0.25) is 0 Å². The molecule has 0 spiro atoms. The van der Waals surface area contributed by atoms with Gasteiger partial charge in [-0.1, -0.05) is 6.92 Å². The molecule has 0 radical (unpaired) electrons. The number of rotatable bonds is 5. The minimum atomic E-state index is -4.39. The molecule has 1 aliphatic heterocycles. The summed E-state index contributed by atoms with van der Waals surface area (Å²) >= 11 is 0. The van der Waals surface area contributed by atoms with Crippen LogP contribution in [0.3, 0.4) is 0 Å². The molecule has 8 heteroatoms. The van der Waals surface area contributed by atoms with Gasteiger partial charge in [-0.3, -0.25) is 0 Å². The van der Waals surface area contributed by atoms with Crippen LogP contribution in [0.4, 0.5) is 18.0 Å². The number of aliphatic hydroxyl groups excluding tert-OH is 1. The molecule has 0 saturated carbocycles. The molecule has 0 unspecified atom stereocenters. The molecule has 5 nitrogen and oxygen atoms in total. The van der Waals surface area contributed by atoms with Crippen LogP contribution in [-0.4, -0.2) is 60.5 Å². The van der Waals surface area contributed by atoms with Crippen LogP contribution in [0.15, 0.2) is 0 Å². The fourth-order valence-corrected chi connectivity index (χ4v) is 2.10. The topological polar surface area (TPSA) is 64.6 Å². The van der Waals surface area contributed by atoms with Gasteiger partial charge < -0.3 is 20.6 Å². The largest absolute Gasteiger partial charge is 0.405 e. The third-order valence-electron chi connectivity index (χ3n) is 3.31. The highest BCUT2D eigenvalue weighted by Gasteiger charge is 2.28. The molecule has 3 N–H and O–H groups in total. The van der Waals surface area contributed by atoms with E-state index < -0.39 is 18.8 Å². The number of carbonyl (C=O) groups is 1. The number of nitrogens with zero attached hydrogens (tertiary/aromatic N) is 1. The zero-order valence-electron chi connectivity index (χ0n) is 11.5. The van der Waals surface area contributed by atoms with Gasteiger partial charge in [0.15, 0.2) is 0 Å². The van der Waals surface area contributed by atoms with E-state index in [0.29, 0.717) is 25.8 Å². The van der Waals surface area contributed by atoms with Gasteiger partial charge in [0.05, 0.1) is 6.10 Å². The summed E-state index contributed by atoms with van der Waals surface area (Å²) in [5.74, 6) is 0. The van der Waals surface area contributed by atoms with Crippen molar-refractivity contribution in [3.05, 3.63) is 0 Å². The fourth-order valence-electron chi connectivity index (χ4n) is 2.10. The molecule has 1 rings (SSSR count). The van der Waals surface area contributed by atoms with Gasteiger partial charge in [-0.2, -0.15) is 13.2 Å². The van der Waals surface area contributed by atoms with Crippen molar-refractivity contribution in [2.24, 2.45) is 0 Å². The molecule has 0 aromatic carbocycles. The van der Waals surface area contributed by atoms with E-state index in [1.807, 2.05) is 6.92 Å². The second-order valence-corrected chi connectivity index (χ2v) is 5.08. The molecule has 20 heavy (non-hydrogen) atoms. The average Bonchev–Trinajstić information content (AvgIpc) is 2.38. The van der Waals surface area contributed by atoms with E-state index >= 15 is 0 Å². The summed E-state index contributed by atoms with van der Waals surface area (Å²) in [6, 6.07) is -0.896. The maximum Gasteiger partial charge on any atom is 0.405 e. The number of carbonyl (C=O) groups excluding carboxylic acids is 1. The highest BCUT2D eigenvalue weighted by atomic mass is 19.4. The van der Waals surface area contributed by atoms with Gasteiger partial charge in [-0.05, 0) is 19.3 Å². The maximum absolute atomic E-state index is 11.9. The first kappa shape index (κ1) is 17.0. The third kappa shape index (κ3) is 6.95. The number of halogens is 3. The Kier molecular flexibility index (Phi) is 6.54. The van der Waals surface area contributed by atoms with Crippen molar-refractivity contribution in [3.8, 4) is 0 Å². The molecule has 1 fully saturated rings. The van der Waals surface area contributed by atoms with Gasteiger partial charge in [0.1, 0.15) is 6.54 Å². The highest BCUT2D eigenvalue weighted by molar-refractivity contribution is 5.74. The van der Waals surface area contributed by atoms with Gasteiger partial charge in [-0.25, -0.2) is 4.79 Å². The molecule has 0 aromatic rings. The Hall–Kier alpha value is -1.02. The van der Waals surface area contributed by atoms with Crippen LogP contribution >= 0.6 is 0 Å². The molecule has 1 atom stereocenters. The van der Waals surface area contributed by atoms with Gasteiger partial charge >= 0.3 is 12.2 Å². The number of alkyl halides is 3. The van der Waals surface area contributed by atoms with E-state index in [0.717, 1.165) is 13.1 Å². The van der Waals surface area contributed by atoms with Crippen molar-refractivity contribution in [3.63, 3.8) is 0 Å². The minimum absolute atomic E-state index is 0.113. The lowest BCUT2D eigenvalue weighted by atomic mass is 10.0. The number of amides is 2. The van der Waals surface area contributed by atoms with E-state index in [9.17, 15) is 23.1 Å². The zero-order chi connectivity index (χ0) is 15.2. The molecule has 0 aromatic heterocycles. The van der Waals surface area contributed by atoms with Gasteiger partial charge in [0.2, 0.25) is 0 Å². The second-order valence-electron chi connectivity index (χ2n) is 5.08. The normalized spacial score (nSPS) is 19.6. The molecule has 1 heterocycles. The van der Waals surface area contributed by atoms with Crippen LogP contribution in [0.25, 0.3) is 0 Å². The van der Waals surface area contributed by atoms with Crippen LogP contribution in [0.1, 0.15) is 26.2 Å². The number of piperidine rings is 1. The van der Waals surface area contributed by atoms with E-state index in [4.69, 9.17) is 0 Å². The van der Waals surface area contributed by atoms with Gasteiger partial charge in [0.25, 0.3) is 0 Å². The van der Waals surface area contributed by atoms with E-state index in [-0.39, 0.29) is 12.1 Å². The monoisotopic (exact) mass is 297 g/mol. The summed E-state index contributed by atoms with van der Waals surface area (Å²) in [6.45, 7) is 2.64. The number of β-amino-alcohol motifs (C(OH)–C–C–N with tert-alkyl or cyclic N) is 1. The van der Waals surface area contributed by atoms with E-state index in [1.165, 1.54) is 0 Å². The Balaban J connectivity index is 2.20. The number of aliphatic hydroxyl groups is 1. The maximum atomic E-state index is 11.9. The van der Waals surface area contributed by atoms with Crippen LogP contribution in [-0.2, 0) is 0 Å². The lowest BCUT2D eigenvalue weighted by Crippen LogP contribution is -2.50. The summed E-state index contributed by atoms with van der Waals surface area (Å²) in [7, 11) is 0. The zero-order valence-corrected chi connectivity index (χ0v) is 11.5. The highest BCUT2D eigenvalue weighted by Crippen LogP contribution is 2.13. The molecule has 1 aliphatic rings. The van der Waals surface area contributed by atoms with Crippen molar-refractivity contribution >= 4 is 6.03 Å². The van der Waals surface area contributed by atoms with Crippen molar-refractivity contribution in [1.82, 2.24) is 15.5 Å². The fraction of sp³-hybridized carbons (Fsp3) is 0.917. The van der Waals surface area contributed by atoms with Crippen LogP contribution in [0.5, 0.6) is 0 Å². The van der Waals surface area contributed by atoms with Crippen molar-refractivity contribution < 1.29 is 23.1 Å². The summed E-state index contributed by atoms with van der Waals surface area (Å²) in [4.78, 5) is 13.4. The first-order valence-electron chi connectivity index (χ1n) is 6.81. The van der Waals surface area contributed by atoms with Crippen molar-refractivity contribution in [2.45, 2.75) is 44.5 Å². The standard InChI is InChI=1S/C12H22F3N3O2/c1-2-10(19)7-18-5-3-9(4-6-18)17-11(20)16-8-12(13,14)15/h9-10,19H,2-8H2,1H3,(H2,16,17,20)/t10-/m1/s1. The molecule has 0 aliphatic carbocycles. The average molecular weight is 297 g/mol. The number of nitrogens with one attached hydrogen (secondary N) is 2. The van der Waals surface area contributed by atoms with Crippen molar-refractivity contribution in [1.29, 1.82) is 0 Å². The summed E-state index contributed by atoms with van der Waals surface area (Å²) in [6.07, 6.45) is -2.70. The Morgan fingerprint density at radius 2 is 2.00 bits per heavy atom. The summed E-state index contributed by atoms with van der Waals surface area (Å²) in [5, 5.41) is 13.9. The number of hydrogen-bond donors (Lipinski definition) is 3. The molecule has 2 amide bonds. The Morgan fingerprint density at radius 1 is 1.40 bits per heavy atom. The van der Waals surface area contributed by atoms with Crippen LogP contribution in [0, 0.1) is 0 Å². The number of likely N-dealkylation sites (tertiary alicyclic amines) is 1. The second kappa shape index (κ2) is 7.68. The lowest BCUT2D eigenvalue weighted by Gasteiger charge is -2.33. The lowest BCUT2D eigenvalue weighted by molar-refractivity contribution is -0.122. The first-order valence-corrected chi connectivity index (χ1v) is 6.81. The Labute approximate surface area is 116 Å². The number of urea groups is 1. The number of hydrogen-bond acceptors (Lipinski definition) is 3. The van der Waals surface area contributed by atoms with Crippen molar-refractivity contribution in [2.75, 3.05) is 26.2 Å². The Bertz CT molecular complexity index is 305. The predicted molar refractivity (Wildman–Crippen MR) is 68.3 cm³/mol. The first-order chi connectivity index (χ1) is 9.30.